The predicted octanol–water partition coefficient (Wildman–Crippen LogP) is 3.95. The van der Waals surface area contributed by atoms with Crippen molar-refractivity contribution in [2.24, 2.45) is 0 Å². The zero-order chi connectivity index (χ0) is 15.2. The van der Waals surface area contributed by atoms with Crippen LogP contribution in [0.4, 0.5) is 10.1 Å². The minimum absolute atomic E-state index is 0.265. The minimum atomic E-state index is -0.400. The third-order valence-electron chi connectivity index (χ3n) is 3.21. The smallest absolute Gasteiger partial charge is 0.253 e. The summed E-state index contributed by atoms with van der Waals surface area (Å²) in [6.45, 7) is 5.09. The maximum Gasteiger partial charge on any atom is 0.253 e. The number of hydrogen-bond donors (Lipinski definition) is 2. The van der Waals surface area contributed by atoms with Gasteiger partial charge in [-0.1, -0.05) is 13.0 Å². The summed E-state index contributed by atoms with van der Waals surface area (Å²) in [4.78, 5) is 12.3. The monoisotopic (exact) mass is 306 g/mol. The van der Waals surface area contributed by atoms with Gasteiger partial charge < -0.3 is 10.6 Å². The summed E-state index contributed by atoms with van der Waals surface area (Å²) in [5, 5.41) is 9.88. The van der Waals surface area contributed by atoms with E-state index in [1.165, 1.54) is 6.07 Å². The van der Waals surface area contributed by atoms with Crippen LogP contribution >= 0.6 is 11.3 Å². The molecule has 2 aromatic rings. The van der Waals surface area contributed by atoms with Gasteiger partial charge in [-0.15, -0.1) is 0 Å². The molecule has 1 aromatic heterocycles. The van der Waals surface area contributed by atoms with Crippen molar-refractivity contribution in [2.45, 2.75) is 26.8 Å². The molecule has 0 spiro atoms. The fraction of sp³-hybridized carbons (Fsp3) is 0.312. The van der Waals surface area contributed by atoms with Gasteiger partial charge in [-0.25, -0.2) is 4.39 Å². The van der Waals surface area contributed by atoms with E-state index in [1.807, 2.05) is 24.6 Å². The van der Waals surface area contributed by atoms with Crippen molar-refractivity contribution >= 4 is 22.9 Å². The van der Waals surface area contributed by atoms with E-state index in [2.05, 4.69) is 10.6 Å². The van der Waals surface area contributed by atoms with Gasteiger partial charge in [0.1, 0.15) is 5.82 Å². The van der Waals surface area contributed by atoms with Crippen molar-refractivity contribution < 1.29 is 9.18 Å². The number of thiophene rings is 1. The van der Waals surface area contributed by atoms with Crippen molar-refractivity contribution in [3.8, 4) is 0 Å². The topological polar surface area (TPSA) is 41.1 Å². The predicted molar refractivity (Wildman–Crippen MR) is 85.4 cm³/mol. The van der Waals surface area contributed by atoms with Crippen LogP contribution in [0.2, 0.25) is 0 Å². The molecule has 0 saturated carbocycles. The summed E-state index contributed by atoms with van der Waals surface area (Å²) in [6, 6.07) is 4.55. The lowest BCUT2D eigenvalue weighted by Crippen LogP contribution is -2.24. The molecule has 1 heterocycles. The van der Waals surface area contributed by atoms with Crippen LogP contribution in [0.25, 0.3) is 0 Å². The summed E-state index contributed by atoms with van der Waals surface area (Å²) >= 11 is 1.61. The molecule has 0 aliphatic carbocycles. The van der Waals surface area contributed by atoms with E-state index in [4.69, 9.17) is 0 Å². The average molecular weight is 306 g/mol. The Labute approximate surface area is 128 Å². The van der Waals surface area contributed by atoms with Gasteiger partial charge in [-0.2, -0.15) is 11.3 Å². The largest absolute Gasteiger partial charge is 0.382 e. The Bertz CT molecular complexity index is 624. The van der Waals surface area contributed by atoms with E-state index in [9.17, 15) is 9.18 Å². The molecule has 2 rings (SSSR count). The summed E-state index contributed by atoms with van der Waals surface area (Å²) in [5.41, 5.74) is 2.87. The number of para-hydroxylation sites is 1. The molecule has 0 radical (unpaired) electrons. The van der Waals surface area contributed by atoms with Gasteiger partial charge in [0, 0.05) is 13.1 Å². The van der Waals surface area contributed by atoms with Gasteiger partial charge in [0.15, 0.2) is 0 Å². The van der Waals surface area contributed by atoms with Gasteiger partial charge in [-0.3, -0.25) is 4.79 Å². The molecule has 112 valence electrons. The van der Waals surface area contributed by atoms with Crippen LogP contribution in [0.15, 0.2) is 29.0 Å². The maximum absolute atomic E-state index is 13.9. The number of hydrogen-bond acceptors (Lipinski definition) is 3. The number of aryl methyl sites for hydroxylation is 1. The number of nitrogens with one attached hydrogen (secondary N) is 2. The second-order valence-corrected chi connectivity index (χ2v) is 5.60. The highest BCUT2D eigenvalue weighted by Gasteiger charge is 2.14. The maximum atomic E-state index is 13.9. The summed E-state index contributed by atoms with van der Waals surface area (Å²) in [6.07, 6.45) is 0.865. The highest BCUT2D eigenvalue weighted by atomic mass is 32.1. The van der Waals surface area contributed by atoms with Crippen LogP contribution < -0.4 is 10.6 Å². The molecule has 0 saturated heterocycles. The molecule has 21 heavy (non-hydrogen) atoms. The molecule has 0 aliphatic rings. The van der Waals surface area contributed by atoms with Crippen molar-refractivity contribution in [2.75, 3.05) is 11.9 Å². The second kappa shape index (κ2) is 7.22. The highest BCUT2D eigenvalue weighted by molar-refractivity contribution is 7.08. The molecule has 0 bridgehead atoms. The molecule has 5 heteroatoms. The van der Waals surface area contributed by atoms with Gasteiger partial charge in [-0.05, 0) is 47.4 Å². The Kier molecular flexibility index (Phi) is 5.33. The SMILES string of the molecule is CCCNc1c(F)cccc1C(=O)NCc1cscc1C. The van der Waals surface area contributed by atoms with Gasteiger partial charge >= 0.3 is 0 Å². The first-order chi connectivity index (χ1) is 10.1. The number of anilines is 1. The first-order valence-corrected chi connectivity index (χ1v) is 7.90. The Balaban J connectivity index is 2.11. The molecule has 0 fully saturated rings. The van der Waals surface area contributed by atoms with Crippen LogP contribution in [-0.2, 0) is 6.54 Å². The molecular weight excluding hydrogens is 287 g/mol. The first kappa shape index (κ1) is 15.5. The lowest BCUT2D eigenvalue weighted by Gasteiger charge is -2.12. The molecule has 3 nitrogen and oxygen atoms in total. The standard InChI is InChI=1S/C16H19FN2OS/c1-3-7-18-15-13(5-4-6-14(15)17)16(20)19-8-12-10-21-9-11(12)2/h4-6,9-10,18H,3,7-8H2,1-2H3,(H,19,20). The molecule has 0 aliphatic heterocycles. The first-order valence-electron chi connectivity index (χ1n) is 6.95. The Morgan fingerprint density at radius 2 is 2.14 bits per heavy atom. The summed E-state index contributed by atoms with van der Waals surface area (Å²) in [7, 11) is 0. The van der Waals surface area contributed by atoms with E-state index in [-0.39, 0.29) is 11.6 Å². The minimum Gasteiger partial charge on any atom is -0.382 e. The number of carbonyl (C=O) groups excluding carboxylic acids is 1. The van der Waals surface area contributed by atoms with Crippen LogP contribution in [0.5, 0.6) is 0 Å². The number of halogens is 1. The van der Waals surface area contributed by atoms with Crippen LogP contribution in [0.1, 0.15) is 34.8 Å². The molecule has 0 unspecified atom stereocenters. The zero-order valence-corrected chi connectivity index (χ0v) is 13.0. The second-order valence-electron chi connectivity index (χ2n) is 4.85. The quantitative estimate of drug-likeness (QED) is 0.848. The van der Waals surface area contributed by atoms with Crippen LogP contribution in [-0.4, -0.2) is 12.5 Å². The fourth-order valence-corrected chi connectivity index (χ4v) is 2.84. The zero-order valence-electron chi connectivity index (χ0n) is 12.2. The Hall–Kier alpha value is -1.88. The van der Waals surface area contributed by atoms with E-state index in [0.29, 0.717) is 18.7 Å². The fourth-order valence-electron chi connectivity index (χ4n) is 1.98. The molecule has 1 aromatic carbocycles. The van der Waals surface area contributed by atoms with Crippen molar-refractivity contribution in [3.05, 3.63) is 51.5 Å². The van der Waals surface area contributed by atoms with Crippen molar-refractivity contribution in [1.29, 1.82) is 0 Å². The van der Waals surface area contributed by atoms with Gasteiger partial charge in [0.25, 0.3) is 5.91 Å². The van der Waals surface area contributed by atoms with E-state index in [0.717, 1.165) is 17.5 Å². The van der Waals surface area contributed by atoms with Crippen LogP contribution in [0, 0.1) is 12.7 Å². The third-order valence-corrected chi connectivity index (χ3v) is 4.12. The van der Waals surface area contributed by atoms with Crippen LogP contribution in [0.3, 0.4) is 0 Å². The Morgan fingerprint density at radius 3 is 2.81 bits per heavy atom. The normalized spacial score (nSPS) is 10.4. The van der Waals surface area contributed by atoms with Crippen molar-refractivity contribution in [1.82, 2.24) is 5.32 Å². The highest BCUT2D eigenvalue weighted by Crippen LogP contribution is 2.20. The van der Waals surface area contributed by atoms with E-state index >= 15 is 0 Å². The Morgan fingerprint density at radius 1 is 1.33 bits per heavy atom. The lowest BCUT2D eigenvalue weighted by molar-refractivity contribution is 0.0951. The van der Waals surface area contributed by atoms with E-state index < -0.39 is 5.82 Å². The van der Waals surface area contributed by atoms with Gasteiger partial charge in [0.2, 0.25) is 0 Å². The number of benzene rings is 1. The lowest BCUT2D eigenvalue weighted by atomic mass is 10.1. The number of amides is 1. The third kappa shape index (κ3) is 3.82. The number of rotatable bonds is 6. The average Bonchev–Trinajstić information content (AvgIpc) is 2.88. The van der Waals surface area contributed by atoms with Gasteiger partial charge in [0.05, 0.1) is 11.3 Å². The van der Waals surface area contributed by atoms with E-state index in [1.54, 1.807) is 23.5 Å². The molecular formula is C16H19FN2OS. The summed E-state index contributed by atoms with van der Waals surface area (Å²) in [5.74, 6) is -0.665. The van der Waals surface area contributed by atoms with Crippen molar-refractivity contribution in [3.63, 3.8) is 0 Å². The molecule has 0 atom stereocenters. The molecule has 1 amide bonds. The molecule has 2 N–H and O–H groups in total. The summed E-state index contributed by atoms with van der Waals surface area (Å²) < 4.78 is 13.9. The number of carbonyl (C=O) groups is 1.